The van der Waals surface area contributed by atoms with Crippen LogP contribution in [0, 0.1) is 0 Å². The molecule has 0 aromatic heterocycles. The molecule has 0 saturated carbocycles. The molecule has 9 aromatic rings. The van der Waals surface area contributed by atoms with Crippen LogP contribution in [0.25, 0.3) is 55.3 Å². The van der Waals surface area contributed by atoms with Gasteiger partial charge in [-0.3, -0.25) is 0 Å². The number of hydrogen-bond acceptors (Lipinski definition) is 2. The van der Waals surface area contributed by atoms with Gasteiger partial charge in [0.2, 0.25) is 0 Å². The van der Waals surface area contributed by atoms with Gasteiger partial charge in [-0.15, -0.1) is 0 Å². The fourth-order valence-corrected chi connectivity index (χ4v) is 10.2. The van der Waals surface area contributed by atoms with Gasteiger partial charge in [0, 0.05) is 33.7 Å². The molecule has 0 saturated heterocycles. The molecular weight excluding hydrogens is 699 g/mol. The molecule has 272 valence electrons. The molecule has 9 aromatic carbocycles. The Bertz CT molecular complexity index is 3080. The van der Waals surface area contributed by atoms with E-state index >= 15 is 0 Å². The van der Waals surface area contributed by atoms with Crippen LogP contribution < -0.4 is 20.6 Å². The second-order valence-corrected chi connectivity index (χ2v) is 16.5. The van der Waals surface area contributed by atoms with Crippen LogP contribution in [0.4, 0.5) is 28.4 Å². The Morgan fingerprint density at radius 3 is 1.66 bits per heavy atom. The quantitative estimate of drug-likeness (QED) is 0.166. The lowest BCUT2D eigenvalue weighted by atomic mass is 9.42. The normalized spacial score (nSPS) is 14.1. The lowest BCUT2D eigenvalue weighted by Gasteiger charge is -2.50. The summed E-state index contributed by atoms with van der Waals surface area (Å²) >= 11 is 0. The Kier molecular flexibility index (Phi) is 7.10. The van der Waals surface area contributed by atoms with Crippen LogP contribution in [0.15, 0.2) is 200 Å². The third-order valence-corrected chi connectivity index (χ3v) is 13.0. The molecule has 0 fully saturated rings. The van der Waals surface area contributed by atoms with E-state index in [0.717, 1.165) is 0 Å². The predicted molar refractivity (Wildman–Crippen MR) is 246 cm³/mol. The van der Waals surface area contributed by atoms with E-state index in [1.54, 1.807) is 0 Å². The average Bonchev–Trinajstić information content (AvgIpc) is 3.29. The first-order chi connectivity index (χ1) is 28.5. The summed E-state index contributed by atoms with van der Waals surface area (Å²) in [6.07, 6.45) is 0. The molecule has 0 unspecified atom stereocenters. The summed E-state index contributed by atoms with van der Waals surface area (Å²) in [5, 5.41) is 2.53. The van der Waals surface area contributed by atoms with E-state index in [1.165, 1.54) is 106 Å². The molecule has 3 heteroatoms. The van der Waals surface area contributed by atoms with Crippen LogP contribution in [0.5, 0.6) is 0 Å². The second-order valence-electron chi connectivity index (χ2n) is 16.5. The van der Waals surface area contributed by atoms with E-state index in [1.807, 2.05) is 0 Å². The summed E-state index contributed by atoms with van der Waals surface area (Å²) in [5.41, 5.74) is 21.2. The van der Waals surface area contributed by atoms with Crippen molar-refractivity contribution in [1.29, 1.82) is 0 Å². The van der Waals surface area contributed by atoms with Gasteiger partial charge in [0.05, 0.1) is 5.69 Å². The largest absolute Gasteiger partial charge is 0.376 e. The smallest absolute Gasteiger partial charge is 0.333 e. The number of benzene rings is 9. The maximum Gasteiger partial charge on any atom is 0.333 e. The topological polar surface area (TPSA) is 6.48 Å². The molecule has 12 rings (SSSR count). The standard InChI is InChI=1S/C55H39BN2/c1-55(2)47-23-14-24-49-54(47)57(51-34-41-22-13-12-21-40(41)32-48(51)55)52-35-43(38-19-10-5-11-20-38)31-46-45-30-27-42(37-17-8-4-9-18-37)33-50(45)58(56(49)53(46)52)44-28-25-39(26-29-44)36-15-6-3-7-16-36/h3-35H,1-2H3. The fourth-order valence-electron chi connectivity index (χ4n) is 10.2. The van der Waals surface area contributed by atoms with Crippen molar-refractivity contribution < 1.29 is 0 Å². The van der Waals surface area contributed by atoms with Gasteiger partial charge in [0.15, 0.2) is 0 Å². The van der Waals surface area contributed by atoms with Gasteiger partial charge in [0.1, 0.15) is 0 Å². The van der Waals surface area contributed by atoms with Gasteiger partial charge in [-0.05, 0) is 114 Å². The van der Waals surface area contributed by atoms with Crippen molar-refractivity contribution in [3.63, 3.8) is 0 Å². The lowest BCUT2D eigenvalue weighted by molar-refractivity contribution is 0.633. The molecule has 2 nitrogen and oxygen atoms in total. The Morgan fingerprint density at radius 2 is 0.966 bits per heavy atom. The molecule has 0 spiro atoms. The first-order valence-corrected chi connectivity index (χ1v) is 20.4. The minimum Gasteiger partial charge on any atom is -0.376 e. The van der Waals surface area contributed by atoms with Crippen molar-refractivity contribution in [3.8, 4) is 44.5 Å². The SMILES string of the molecule is CC1(C)c2cc3ccccc3cc2N2c3cc(-c4ccccc4)cc4c3B(c3cccc1c32)N(c1ccc(-c2ccccc2)cc1)c1cc(-c2ccccc2)ccc1-4. The summed E-state index contributed by atoms with van der Waals surface area (Å²) in [6.45, 7) is 4.76. The summed E-state index contributed by atoms with van der Waals surface area (Å²) < 4.78 is 0. The van der Waals surface area contributed by atoms with Gasteiger partial charge in [-0.2, -0.15) is 0 Å². The lowest BCUT2D eigenvalue weighted by Crippen LogP contribution is -2.62. The van der Waals surface area contributed by atoms with E-state index in [2.05, 4.69) is 224 Å². The first kappa shape index (κ1) is 33.1. The van der Waals surface area contributed by atoms with Gasteiger partial charge < -0.3 is 9.71 Å². The monoisotopic (exact) mass is 738 g/mol. The highest BCUT2D eigenvalue weighted by Gasteiger charge is 2.49. The highest BCUT2D eigenvalue weighted by Crippen LogP contribution is 2.56. The number of para-hydroxylation sites is 1. The van der Waals surface area contributed by atoms with Gasteiger partial charge in [-0.1, -0.05) is 172 Å². The van der Waals surface area contributed by atoms with Crippen molar-refractivity contribution in [2.45, 2.75) is 19.3 Å². The maximum absolute atomic E-state index is 2.64. The van der Waals surface area contributed by atoms with Crippen LogP contribution >= 0.6 is 0 Å². The Balaban J connectivity index is 1.19. The number of anilines is 5. The number of fused-ring (bicyclic) bond motifs is 7. The molecule has 0 amide bonds. The number of rotatable bonds is 4. The summed E-state index contributed by atoms with van der Waals surface area (Å²) in [5.74, 6) is 0. The highest BCUT2D eigenvalue weighted by atomic mass is 15.2. The zero-order valence-electron chi connectivity index (χ0n) is 32.5. The zero-order chi connectivity index (χ0) is 38.5. The van der Waals surface area contributed by atoms with Crippen LogP contribution in [-0.2, 0) is 5.41 Å². The molecule has 3 aliphatic rings. The van der Waals surface area contributed by atoms with Crippen LogP contribution in [0.3, 0.4) is 0 Å². The molecule has 3 heterocycles. The highest BCUT2D eigenvalue weighted by molar-refractivity contribution is 6.93. The van der Waals surface area contributed by atoms with Crippen LogP contribution in [0.1, 0.15) is 25.0 Å². The Hall–Kier alpha value is -7.10. The van der Waals surface area contributed by atoms with Crippen molar-refractivity contribution in [2.75, 3.05) is 9.71 Å². The summed E-state index contributed by atoms with van der Waals surface area (Å²) in [7, 11) is 0. The fraction of sp³-hybridized carbons (Fsp3) is 0.0545. The van der Waals surface area contributed by atoms with Gasteiger partial charge in [0.25, 0.3) is 0 Å². The molecule has 58 heavy (non-hydrogen) atoms. The van der Waals surface area contributed by atoms with Gasteiger partial charge >= 0.3 is 6.85 Å². The molecule has 0 bridgehead atoms. The molecule has 0 atom stereocenters. The third kappa shape index (κ3) is 4.80. The summed E-state index contributed by atoms with van der Waals surface area (Å²) in [6, 6.07) is 74.5. The molecule has 0 radical (unpaired) electrons. The van der Waals surface area contributed by atoms with E-state index in [4.69, 9.17) is 0 Å². The van der Waals surface area contributed by atoms with Crippen LogP contribution in [0.2, 0.25) is 0 Å². The third-order valence-electron chi connectivity index (χ3n) is 13.0. The zero-order valence-corrected chi connectivity index (χ0v) is 32.5. The van der Waals surface area contributed by atoms with Crippen LogP contribution in [-0.4, -0.2) is 6.85 Å². The van der Waals surface area contributed by atoms with Gasteiger partial charge in [-0.25, -0.2) is 0 Å². The minimum absolute atomic E-state index is 0.0695. The van der Waals surface area contributed by atoms with E-state index in [-0.39, 0.29) is 12.3 Å². The maximum atomic E-state index is 2.64. The van der Waals surface area contributed by atoms with Crippen molar-refractivity contribution in [3.05, 3.63) is 211 Å². The Labute approximate surface area is 340 Å². The average molecular weight is 739 g/mol. The molecule has 0 N–H and O–H groups in total. The van der Waals surface area contributed by atoms with Crippen molar-refractivity contribution in [2.24, 2.45) is 0 Å². The van der Waals surface area contributed by atoms with E-state index in [0.29, 0.717) is 0 Å². The van der Waals surface area contributed by atoms with Crippen molar-refractivity contribution >= 4 is 57.0 Å². The first-order valence-electron chi connectivity index (χ1n) is 20.4. The molecule has 3 aliphatic heterocycles. The second kappa shape index (κ2) is 12.5. The van der Waals surface area contributed by atoms with Crippen molar-refractivity contribution in [1.82, 2.24) is 0 Å². The van der Waals surface area contributed by atoms with E-state index < -0.39 is 0 Å². The molecular formula is C55H39BN2. The Morgan fingerprint density at radius 1 is 0.397 bits per heavy atom. The minimum atomic E-state index is -0.228. The number of nitrogens with zero attached hydrogens (tertiary/aromatic N) is 2. The predicted octanol–water partition coefficient (Wildman–Crippen LogP) is 13.2. The number of hydrogen-bond donors (Lipinski definition) is 0. The summed E-state index contributed by atoms with van der Waals surface area (Å²) in [4.78, 5) is 5.26. The van der Waals surface area contributed by atoms with E-state index in [9.17, 15) is 0 Å². The molecule has 0 aliphatic carbocycles.